The average molecular weight is 157 g/mol. The van der Waals surface area contributed by atoms with Crippen LogP contribution in [0.4, 0.5) is 0 Å². The molecule has 4 heteroatoms. The first-order valence-corrected chi connectivity index (χ1v) is 3.57. The molecule has 1 N–H and O–H groups in total. The van der Waals surface area contributed by atoms with Crippen LogP contribution in [0.25, 0.3) is 0 Å². The summed E-state index contributed by atoms with van der Waals surface area (Å²) >= 11 is 0. The van der Waals surface area contributed by atoms with Crippen LogP contribution in [0.1, 0.15) is 20.3 Å². The number of esters is 1. The summed E-state index contributed by atoms with van der Waals surface area (Å²) in [7, 11) is 0. The van der Waals surface area contributed by atoms with Gasteiger partial charge in [-0.2, -0.15) is 0 Å². The number of hydrogen-bond donors (Lipinski definition) is 1. The number of hydrogen-bond acceptors (Lipinski definition) is 3. The molecule has 2 atom stereocenters. The molecule has 2 unspecified atom stereocenters. The Balaban J connectivity index is 2.47. The highest BCUT2D eigenvalue weighted by Crippen LogP contribution is 2.13. The molecule has 0 saturated carbocycles. The van der Waals surface area contributed by atoms with Crippen molar-refractivity contribution in [2.45, 2.75) is 32.4 Å². The summed E-state index contributed by atoms with van der Waals surface area (Å²) in [5, 5.41) is 2.51. The molecule has 0 bridgehead atoms. The standard InChI is InChI=1S/C7H11NO3/c1-4-3-6(7(10)11-4)8-5(2)9/h4,6H,3H2,1-2H3,(H,8,9). The van der Waals surface area contributed by atoms with Gasteiger partial charge in [0, 0.05) is 13.3 Å². The Kier molecular flexibility index (Phi) is 2.12. The second-order valence-electron chi connectivity index (χ2n) is 2.74. The fraction of sp³-hybridized carbons (Fsp3) is 0.714. The minimum atomic E-state index is -0.428. The van der Waals surface area contributed by atoms with E-state index in [0.29, 0.717) is 6.42 Å². The predicted octanol–water partition coefficient (Wildman–Crippen LogP) is -0.173. The molecule has 1 aliphatic heterocycles. The maximum absolute atomic E-state index is 10.9. The SMILES string of the molecule is CC(=O)NC1CC(C)OC1=O. The molecule has 0 aromatic heterocycles. The lowest BCUT2D eigenvalue weighted by atomic mass is 10.2. The quantitative estimate of drug-likeness (QED) is 0.537. The van der Waals surface area contributed by atoms with E-state index < -0.39 is 6.04 Å². The summed E-state index contributed by atoms with van der Waals surface area (Å²) in [6, 6.07) is -0.428. The van der Waals surface area contributed by atoms with Gasteiger partial charge in [-0.05, 0) is 6.92 Å². The molecule has 1 rings (SSSR count). The number of nitrogens with one attached hydrogen (secondary N) is 1. The van der Waals surface area contributed by atoms with Crippen LogP contribution in [0.3, 0.4) is 0 Å². The number of carbonyl (C=O) groups is 2. The highest BCUT2D eigenvalue weighted by molar-refractivity contribution is 5.84. The summed E-state index contributed by atoms with van der Waals surface area (Å²) in [6.07, 6.45) is 0.512. The molecule has 0 aliphatic carbocycles. The van der Waals surface area contributed by atoms with Gasteiger partial charge in [-0.15, -0.1) is 0 Å². The maximum Gasteiger partial charge on any atom is 0.329 e. The van der Waals surface area contributed by atoms with E-state index in [1.807, 2.05) is 0 Å². The van der Waals surface area contributed by atoms with Gasteiger partial charge in [0.2, 0.25) is 5.91 Å². The van der Waals surface area contributed by atoms with E-state index >= 15 is 0 Å². The van der Waals surface area contributed by atoms with E-state index in [0.717, 1.165) is 0 Å². The Labute approximate surface area is 64.9 Å². The summed E-state index contributed by atoms with van der Waals surface area (Å²) in [5.41, 5.74) is 0. The fourth-order valence-corrected chi connectivity index (χ4v) is 1.12. The van der Waals surface area contributed by atoms with Crippen LogP contribution in [0.15, 0.2) is 0 Å². The lowest BCUT2D eigenvalue weighted by molar-refractivity contribution is -0.143. The normalized spacial score (nSPS) is 29.8. The van der Waals surface area contributed by atoms with E-state index in [1.54, 1.807) is 6.92 Å². The minimum absolute atomic E-state index is 0.0700. The van der Waals surface area contributed by atoms with Crippen LogP contribution in [0.2, 0.25) is 0 Å². The van der Waals surface area contributed by atoms with E-state index in [9.17, 15) is 9.59 Å². The Morgan fingerprint density at radius 1 is 1.73 bits per heavy atom. The Bertz CT molecular complexity index is 190. The first-order chi connectivity index (χ1) is 5.09. The highest BCUT2D eigenvalue weighted by atomic mass is 16.6. The smallest absolute Gasteiger partial charge is 0.329 e. The van der Waals surface area contributed by atoms with Crippen molar-refractivity contribution in [2.24, 2.45) is 0 Å². The molecular formula is C7H11NO3. The van der Waals surface area contributed by atoms with Gasteiger partial charge in [0.05, 0.1) is 0 Å². The predicted molar refractivity (Wildman–Crippen MR) is 37.8 cm³/mol. The van der Waals surface area contributed by atoms with E-state index in [-0.39, 0.29) is 18.0 Å². The third-order valence-electron chi connectivity index (χ3n) is 1.55. The van der Waals surface area contributed by atoms with Crippen LogP contribution >= 0.6 is 0 Å². The molecule has 0 radical (unpaired) electrons. The van der Waals surface area contributed by atoms with Crippen LogP contribution in [0, 0.1) is 0 Å². The average Bonchev–Trinajstić information content (AvgIpc) is 2.09. The molecule has 0 aromatic carbocycles. The molecule has 0 aromatic rings. The zero-order valence-electron chi connectivity index (χ0n) is 6.59. The van der Waals surface area contributed by atoms with Gasteiger partial charge in [0.1, 0.15) is 12.1 Å². The van der Waals surface area contributed by atoms with E-state index in [1.165, 1.54) is 6.92 Å². The Morgan fingerprint density at radius 3 is 2.73 bits per heavy atom. The van der Waals surface area contributed by atoms with Crippen molar-refractivity contribution >= 4 is 11.9 Å². The third-order valence-corrected chi connectivity index (χ3v) is 1.55. The van der Waals surface area contributed by atoms with Crippen molar-refractivity contribution in [3.8, 4) is 0 Å². The lowest BCUT2D eigenvalue weighted by Gasteiger charge is -2.04. The zero-order valence-corrected chi connectivity index (χ0v) is 6.59. The zero-order chi connectivity index (χ0) is 8.43. The lowest BCUT2D eigenvalue weighted by Crippen LogP contribution is -2.36. The Hall–Kier alpha value is -1.06. The monoisotopic (exact) mass is 157 g/mol. The van der Waals surface area contributed by atoms with Gasteiger partial charge >= 0.3 is 5.97 Å². The van der Waals surface area contributed by atoms with Crippen molar-refractivity contribution < 1.29 is 14.3 Å². The molecular weight excluding hydrogens is 146 g/mol. The van der Waals surface area contributed by atoms with Gasteiger partial charge in [0.15, 0.2) is 0 Å². The molecule has 1 aliphatic rings. The van der Waals surface area contributed by atoms with Crippen LogP contribution in [-0.4, -0.2) is 24.0 Å². The second-order valence-corrected chi connectivity index (χ2v) is 2.74. The number of ether oxygens (including phenoxy) is 1. The van der Waals surface area contributed by atoms with E-state index in [2.05, 4.69) is 5.32 Å². The molecule has 62 valence electrons. The van der Waals surface area contributed by atoms with Gasteiger partial charge < -0.3 is 10.1 Å². The van der Waals surface area contributed by atoms with Crippen molar-refractivity contribution in [1.82, 2.24) is 5.32 Å². The van der Waals surface area contributed by atoms with Crippen molar-refractivity contribution in [1.29, 1.82) is 0 Å². The molecule has 1 saturated heterocycles. The number of cyclic esters (lactones) is 1. The summed E-state index contributed by atoms with van der Waals surface area (Å²) in [4.78, 5) is 21.4. The van der Waals surface area contributed by atoms with Crippen molar-refractivity contribution in [2.75, 3.05) is 0 Å². The van der Waals surface area contributed by atoms with E-state index in [4.69, 9.17) is 4.74 Å². The first kappa shape index (κ1) is 8.04. The van der Waals surface area contributed by atoms with Gasteiger partial charge in [-0.25, -0.2) is 4.79 Å². The maximum atomic E-state index is 10.9. The first-order valence-electron chi connectivity index (χ1n) is 3.57. The topological polar surface area (TPSA) is 55.4 Å². The molecule has 0 spiro atoms. The Morgan fingerprint density at radius 2 is 2.36 bits per heavy atom. The van der Waals surface area contributed by atoms with Crippen LogP contribution in [-0.2, 0) is 14.3 Å². The van der Waals surface area contributed by atoms with Crippen molar-refractivity contribution in [3.63, 3.8) is 0 Å². The number of rotatable bonds is 1. The summed E-state index contributed by atoms with van der Waals surface area (Å²) < 4.78 is 4.82. The molecule has 1 heterocycles. The molecule has 4 nitrogen and oxygen atoms in total. The highest BCUT2D eigenvalue weighted by Gasteiger charge is 2.31. The number of carbonyl (C=O) groups excluding carboxylic acids is 2. The van der Waals surface area contributed by atoms with Crippen LogP contribution in [0.5, 0.6) is 0 Å². The largest absolute Gasteiger partial charge is 0.461 e. The third kappa shape index (κ3) is 1.93. The van der Waals surface area contributed by atoms with Gasteiger partial charge in [-0.3, -0.25) is 4.79 Å². The summed E-state index contributed by atoms with van der Waals surface area (Å²) in [5.74, 6) is -0.520. The summed E-state index contributed by atoms with van der Waals surface area (Å²) in [6.45, 7) is 3.19. The van der Waals surface area contributed by atoms with Crippen molar-refractivity contribution in [3.05, 3.63) is 0 Å². The minimum Gasteiger partial charge on any atom is -0.461 e. The molecule has 1 amide bonds. The fourth-order valence-electron chi connectivity index (χ4n) is 1.12. The second kappa shape index (κ2) is 2.90. The molecule has 11 heavy (non-hydrogen) atoms. The van der Waals surface area contributed by atoms with Crippen LogP contribution < -0.4 is 5.32 Å². The van der Waals surface area contributed by atoms with Gasteiger partial charge in [0.25, 0.3) is 0 Å². The number of amides is 1. The van der Waals surface area contributed by atoms with Gasteiger partial charge in [-0.1, -0.05) is 0 Å². The molecule has 1 fully saturated rings.